The molecule has 1 saturated heterocycles. The molecule has 1 aliphatic rings. The monoisotopic (exact) mass is 298 g/mol. The maximum atomic E-state index is 13.4. The molecule has 1 fully saturated rings. The molecule has 114 valence electrons. The number of halogens is 2. The van der Waals surface area contributed by atoms with Crippen molar-refractivity contribution in [3.05, 3.63) is 39.4 Å². The molecule has 1 aromatic carbocycles. The third kappa shape index (κ3) is 2.86. The maximum absolute atomic E-state index is 13.4. The number of hydrogen-bond acceptors (Lipinski definition) is 3. The first-order valence-corrected chi connectivity index (χ1v) is 6.79. The predicted octanol–water partition coefficient (Wildman–Crippen LogP) is 3.28. The summed E-state index contributed by atoms with van der Waals surface area (Å²) in [6.07, 6.45) is 2.53. The van der Waals surface area contributed by atoms with E-state index in [2.05, 4.69) is 0 Å². The quantitative estimate of drug-likeness (QED) is 0.621. The SMILES string of the molecule is C[C@@H]1CCC[C@H](C)N1C(=O)c1cc(F)c(F)cc1[N+](=O)[O-]. The first kappa shape index (κ1) is 15.3. The summed E-state index contributed by atoms with van der Waals surface area (Å²) in [7, 11) is 0. The number of rotatable bonds is 2. The van der Waals surface area contributed by atoms with Crippen LogP contribution in [0.15, 0.2) is 12.1 Å². The molecule has 0 aliphatic carbocycles. The zero-order valence-electron chi connectivity index (χ0n) is 11.8. The van der Waals surface area contributed by atoms with Crippen LogP contribution in [0.3, 0.4) is 0 Å². The number of likely N-dealkylation sites (tertiary alicyclic amines) is 1. The second kappa shape index (κ2) is 5.75. The zero-order valence-corrected chi connectivity index (χ0v) is 11.8. The van der Waals surface area contributed by atoms with Crippen molar-refractivity contribution in [1.82, 2.24) is 4.90 Å². The van der Waals surface area contributed by atoms with Gasteiger partial charge in [-0.1, -0.05) is 0 Å². The molecule has 2 rings (SSSR count). The first-order valence-electron chi connectivity index (χ1n) is 6.79. The van der Waals surface area contributed by atoms with Crippen LogP contribution in [0.1, 0.15) is 43.5 Å². The van der Waals surface area contributed by atoms with Crippen LogP contribution in [0.25, 0.3) is 0 Å². The molecular weight excluding hydrogens is 282 g/mol. The van der Waals surface area contributed by atoms with E-state index in [1.165, 1.54) is 4.90 Å². The summed E-state index contributed by atoms with van der Waals surface area (Å²) in [5.41, 5.74) is -1.11. The molecular formula is C14H16F2N2O3. The lowest BCUT2D eigenvalue weighted by molar-refractivity contribution is -0.385. The van der Waals surface area contributed by atoms with E-state index in [1.54, 1.807) is 0 Å². The van der Waals surface area contributed by atoms with Gasteiger partial charge in [-0.15, -0.1) is 0 Å². The number of benzene rings is 1. The Hall–Kier alpha value is -2.05. The van der Waals surface area contributed by atoms with Gasteiger partial charge in [-0.3, -0.25) is 14.9 Å². The summed E-state index contributed by atoms with van der Waals surface area (Å²) >= 11 is 0. The first-order chi connectivity index (χ1) is 9.82. The Morgan fingerprint density at radius 1 is 1.24 bits per heavy atom. The smallest absolute Gasteiger partial charge is 0.285 e. The van der Waals surface area contributed by atoms with E-state index < -0.39 is 33.7 Å². The van der Waals surface area contributed by atoms with Crippen LogP contribution in [0.4, 0.5) is 14.5 Å². The fourth-order valence-corrected chi connectivity index (χ4v) is 2.82. The lowest BCUT2D eigenvalue weighted by Crippen LogP contribution is -2.47. The van der Waals surface area contributed by atoms with Gasteiger partial charge in [0, 0.05) is 12.1 Å². The molecule has 0 bridgehead atoms. The summed E-state index contributed by atoms with van der Waals surface area (Å²) in [6, 6.07) is 0.897. The number of nitro benzene ring substituents is 1. The second-order valence-electron chi connectivity index (χ2n) is 5.38. The summed E-state index contributed by atoms with van der Waals surface area (Å²) in [5, 5.41) is 11.0. The molecule has 1 amide bonds. The van der Waals surface area contributed by atoms with Crippen molar-refractivity contribution < 1.29 is 18.5 Å². The highest BCUT2D eigenvalue weighted by molar-refractivity contribution is 5.98. The van der Waals surface area contributed by atoms with Gasteiger partial charge < -0.3 is 4.90 Å². The molecule has 0 unspecified atom stereocenters. The highest BCUT2D eigenvalue weighted by Crippen LogP contribution is 2.29. The van der Waals surface area contributed by atoms with E-state index >= 15 is 0 Å². The molecule has 0 spiro atoms. The van der Waals surface area contributed by atoms with Gasteiger partial charge in [0.05, 0.1) is 11.0 Å². The third-order valence-electron chi connectivity index (χ3n) is 3.89. The average molecular weight is 298 g/mol. The molecule has 7 heteroatoms. The van der Waals surface area contributed by atoms with Crippen LogP contribution in [0, 0.1) is 21.7 Å². The van der Waals surface area contributed by atoms with Crippen LogP contribution >= 0.6 is 0 Å². The van der Waals surface area contributed by atoms with Gasteiger partial charge in [0.2, 0.25) is 0 Å². The number of hydrogen-bond donors (Lipinski definition) is 0. The molecule has 5 nitrogen and oxygen atoms in total. The van der Waals surface area contributed by atoms with E-state index in [4.69, 9.17) is 0 Å². The topological polar surface area (TPSA) is 63.5 Å². The summed E-state index contributed by atoms with van der Waals surface area (Å²) in [6.45, 7) is 3.69. The van der Waals surface area contributed by atoms with E-state index in [0.29, 0.717) is 12.1 Å². The predicted molar refractivity (Wildman–Crippen MR) is 72.0 cm³/mol. The summed E-state index contributed by atoms with van der Waals surface area (Å²) < 4.78 is 26.6. The zero-order chi connectivity index (χ0) is 15.7. The van der Waals surface area contributed by atoms with E-state index in [9.17, 15) is 23.7 Å². The Labute approximate surface area is 120 Å². The number of nitro groups is 1. The Bertz CT molecular complexity index is 582. The van der Waals surface area contributed by atoms with E-state index in [-0.39, 0.29) is 12.1 Å². The Morgan fingerprint density at radius 2 is 1.76 bits per heavy atom. The standard InChI is InChI=1S/C14H16F2N2O3/c1-8-4-3-5-9(2)17(8)14(19)10-6-11(15)12(16)7-13(10)18(20)21/h6-9H,3-5H2,1-2H3/t8-,9+. The van der Waals surface area contributed by atoms with Gasteiger partial charge in [-0.2, -0.15) is 0 Å². The van der Waals surface area contributed by atoms with Crippen LogP contribution < -0.4 is 0 Å². The highest BCUT2D eigenvalue weighted by Gasteiger charge is 2.34. The van der Waals surface area contributed by atoms with Crippen molar-refractivity contribution in [2.45, 2.75) is 45.2 Å². The summed E-state index contributed by atoms with van der Waals surface area (Å²) in [4.78, 5) is 24.2. The normalized spacial score (nSPS) is 22.2. The highest BCUT2D eigenvalue weighted by atomic mass is 19.2. The van der Waals surface area contributed by atoms with Gasteiger partial charge in [0.25, 0.3) is 11.6 Å². The van der Waals surface area contributed by atoms with Crippen LogP contribution in [-0.2, 0) is 0 Å². The molecule has 1 heterocycles. The Kier molecular flexibility index (Phi) is 4.20. The van der Waals surface area contributed by atoms with Crippen LogP contribution in [0.5, 0.6) is 0 Å². The average Bonchev–Trinajstić information content (AvgIpc) is 2.40. The lowest BCUT2D eigenvalue weighted by atomic mass is 9.96. The molecule has 21 heavy (non-hydrogen) atoms. The van der Waals surface area contributed by atoms with Crippen molar-refractivity contribution in [3.8, 4) is 0 Å². The fraction of sp³-hybridized carbons (Fsp3) is 0.500. The minimum absolute atomic E-state index is 0.0889. The minimum Gasteiger partial charge on any atom is -0.333 e. The lowest BCUT2D eigenvalue weighted by Gasteiger charge is -2.39. The number of carbonyl (C=O) groups is 1. The van der Waals surface area contributed by atoms with Crippen LogP contribution in [0.2, 0.25) is 0 Å². The van der Waals surface area contributed by atoms with Gasteiger partial charge in [-0.25, -0.2) is 8.78 Å². The third-order valence-corrected chi connectivity index (χ3v) is 3.89. The van der Waals surface area contributed by atoms with Gasteiger partial charge in [-0.05, 0) is 39.2 Å². The maximum Gasteiger partial charge on any atom is 0.285 e. The van der Waals surface area contributed by atoms with Crippen molar-refractivity contribution in [2.24, 2.45) is 0 Å². The number of nitrogens with zero attached hydrogens (tertiary/aromatic N) is 2. The Balaban J connectivity index is 2.47. The molecule has 1 aromatic rings. The van der Waals surface area contributed by atoms with Gasteiger partial charge in [0.1, 0.15) is 5.56 Å². The number of carbonyl (C=O) groups excluding carboxylic acids is 1. The minimum atomic E-state index is -1.34. The molecule has 0 N–H and O–H groups in total. The summed E-state index contributed by atoms with van der Waals surface area (Å²) in [5.74, 6) is -3.22. The molecule has 0 aromatic heterocycles. The van der Waals surface area contributed by atoms with Crippen molar-refractivity contribution in [3.63, 3.8) is 0 Å². The van der Waals surface area contributed by atoms with Crippen LogP contribution in [-0.4, -0.2) is 27.8 Å². The fourth-order valence-electron chi connectivity index (χ4n) is 2.82. The number of piperidine rings is 1. The molecule has 1 aliphatic heterocycles. The van der Waals surface area contributed by atoms with Gasteiger partial charge >= 0.3 is 0 Å². The Morgan fingerprint density at radius 3 is 2.29 bits per heavy atom. The number of amides is 1. The largest absolute Gasteiger partial charge is 0.333 e. The van der Waals surface area contributed by atoms with Crippen molar-refractivity contribution in [2.75, 3.05) is 0 Å². The van der Waals surface area contributed by atoms with E-state index in [1.807, 2.05) is 13.8 Å². The van der Waals surface area contributed by atoms with E-state index in [0.717, 1.165) is 19.3 Å². The molecule has 2 atom stereocenters. The van der Waals surface area contributed by atoms with Gasteiger partial charge in [0.15, 0.2) is 11.6 Å². The molecule has 0 radical (unpaired) electrons. The molecule has 0 saturated carbocycles. The second-order valence-corrected chi connectivity index (χ2v) is 5.38. The van der Waals surface area contributed by atoms with Crippen molar-refractivity contribution in [1.29, 1.82) is 0 Å². The van der Waals surface area contributed by atoms with Crippen molar-refractivity contribution >= 4 is 11.6 Å².